The third-order valence-electron chi connectivity index (χ3n) is 2.28. The van der Waals surface area contributed by atoms with Gasteiger partial charge in [-0.05, 0) is 17.7 Å². The highest BCUT2D eigenvalue weighted by Crippen LogP contribution is 2.36. The highest BCUT2D eigenvalue weighted by molar-refractivity contribution is 5.87. The molecule has 21 heavy (non-hydrogen) atoms. The average molecular weight is 320 g/mol. The summed E-state index contributed by atoms with van der Waals surface area (Å²) >= 11 is 0. The molecule has 0 heterocycles. The van der Waals surface area contributed by atoms with Crippen molar-refractivity contribution in [2.75, 3.05) is 0 Å². The van der Waals surface area contributed by atoms with Crippen LogP contribution < -0.4 is 0 Å². The molecule has 0 aliphatic carbocycles. The monoisotopic (exact) mass is 320 g/mol. The number of halogens is 7. The zero-order valence-electron chi connectivity index (χ0n) is 9.93. The van der Waals surface area contributed by atoms with Crippen molar-refractivity contribution in [2.24, 2.45) is 0 Å². The number of alkyl halides is 6. The fourth-order valence-corrected chi connectivity index (χ4v) is 1.38. The van der Waals surface area contributed by atoms with Gasteiger partial charge in [0.1, 0.15) is 5.82 Å². The van der Waals surface area contributed by atoms with E-state index in [9.17, 15) is 35.5 Å². The van der Waals surface area contributed by atoms with E-state index in [-0.39, 0.29) is 5.56 Å². The lowest BCUT2D eigenvalue weighted by Gasteiger charge is -2.23. The van der Waals surface area contributed by atoms with Gasteiger partial charge in [0.15, 0.2) is 0 Å². The summed E-state index contributed by atoms with van der Waals surface area (Å²) in [4.78, 5) is 10.5. The van der Waals surface area contributed by atoms with Gasteiger partial charge in [-0.25, -0.2) is 9.18 Å². The molecule has 0 saturated carbocycles. The minimum absolute atomic E-state index is 0.365. The molecule has 0 fully saturated rings. The minimum atomic E-state index is -5.67. The van der Waals surface area contributed by atoms with E-state index in [1.54, 1.807) is 0 Å². The van der Waals surface area contributed by atoms with Crippen LogP contribution in [0.4, 0.5) is 30.7 Å². The van der Waals surface area contributed by atoms with E-state index in [4.69, 9.17) is 5.11 Å². The zero-order chi connectivity index (χ0) is 16.4. The molecule has 1 rings (SSSR count). The first-order chi connectivity index (χ1) is 9.43. The van der Waals surface area contributed by atoms with Crippen molar-refractivity contribution in [3.8, 4) is 0 Å². The maximum atomic E-state index is 13.2. The summed E-state index contributed by atoms with van der Waals surface area (Å²) in [6.07, 6.45) is -15.3. The molecule has 1 N–H and O–H groups in total. The van der Waals surface area contributed by atoms with Crippen molar-refractivity contribution in [1.29, 1.82) is 0 Å². The Bertz CT molecular complexity index is 508. The molecule has 0 saturated heterocycles. The lowest BCUT2D eigenvalue weighted by Crippen LogP contribution is -2.44. The summed E-state index contributed by atoms with van der Waals surface area (Å²) < 4.78 is 90.0. The van der Waals surface area contributed by atoms with Crippen LogP contribution in [0.15, 0.2) is 18.2 Å². The van der Waals surface area contributed by atoms with Crippen molar-refractivity contribution in [3.05, 3.63) is 35.1 Å². The molecule has 0 aliphatic rings. The predicted molar refractivity (Wildman–Crippen MR) is 54.0 cm³/mol. The Morgan fingerprint density at radius 1 is 1.14 bits per heavy atom. The second-order valence-corrected chi connectivity index (χ2v) is 3.89. The molecule has 118 valence electrons. The number of hydrogen-bond donors (Lipinski definition) is 1. The van der Waals surface area contributed by atoms with Crippen molar-refractivity contribution >= 4 is 5.97 Å². The SMILES string of the molecule is O=C(O)c1ccc(COC(C(F)(F)F)C(F)(F)F)cc1F. The van der Waals surface area contributed by atoms with Gasteiger partial charge in [-0.1, -0.05) is 6.07 Å². The molecular weight excluding hydrogens is 313 g/mol. The lowest BCUT2D eigenvalue weighted by atomic mass is 10.1. The number of ether oxygens (including phenoxy) is 1. The third-order valence-corrected chi connectivity index (χ3v) is 2.28. The van der Waals surface area contributed by atoms with Gasteiger partial charge in [-0.15, -0.1) is 0 Å². The summed E-state index contributed by atoms with van der Waals surface area (Å²) in [7, 11) is 0. The van der Waals surface area contributed by atoms with Crippen molar-refractivity contribution < 1.29 is 45.4 Å². The maximum Gasteiger partial charge on any atom is 0.423 e. The minimum Gasteiger partial charge on any atom is -0.478 e. The van der Waals surface area contributed by atoms with E-state index in [0.717, 1.165) is 6.07 Å². The van der Waals surface area contributed by atoms with E-state index >= 15 is 0 Å². The van der Waals surface area contributed by atoms with Gasteiger partial charge in [0.25, 0.3) is 0 Å². The van der Waals surface area contributed by atoms with Crippen LogP contribution in [-0.2, 0) is 11.3 Å². The second kappa shape index (κ2) is 5.88. The van der Waals surface area contributed by atoms with Crippen LogP contribution in [0.5, 0.6) is 0 Å². The highest BCUT2D eigenvalue weighted by Gasteiger charge is 2.57. The summed E-state index contributed by atoms with van der Waals surface area (Å²) in [6, 6.07) is 2.07. The Hall–Kier alpha value is -1.84. The Morgan fingerprint density at radius 2 is 1.67 bits per heavy atom. The molecule has 1 aromatic carbocycles. The van der Waals surface area contributed by atoms with Gasteiger partial charge in [-0.3, -0.25) is 0 Å². The number of carbonyl (C=O) groups is 1. The van der Waals surface area contributed by atoms with Crippen molar-refractivity contribution in [2.45, 2.75) is 25.1 Å². The Kier molecular flexibility index (Phi) is 4.82. The number of benzene rings is 1. The fourth-order valence-electron chi connectivity index (χ4n) is 1.38. The van der Waals surface area contributed by atoms with Crippen LogP contribution in [0.1, 0.15) is 15.9 Å². The van der Waals surface area contributed by atoms with Gasteiger partial charge in [-0.2, -0.15) is 26.3 Å². The predicted octanol–water partition coefficient (Wildman–Crippen LogP) is 3.53. The smallest absolute Gasteiger partial charge is 0.423 e. The van der Waals surface area contributed by atoms with Crippen LogP contribution in [0.25, 0.3) is 0 Å². The molecule has 3 nitrogen and oxygen atoms in total. The van der Waals surface area contributed by atoms with Crippen molar-refractivity contribution in [3.63, 3.8) is 0 Å². The van der Waals surface area contributed by atoms with Crippen LogP contribution >= 0.6 is 0 Å². The maximum absolute atomic E-state index is 13.2. The fraction of sp³-hybridized carbons (Fsp3) is 0.364. The molecule has 0 bridgehead atoms. The number of carboxylic acid groups (broad SMARTS) is 1. The molecular formula is C11H7F7O3. The Labute approximate surface area is 112 Å². The highest BCUT2D eigenvalue weighted by atomic mass is 19.4. The first-order valence-electron chi connectivity index (χ1n) is 5.19. The summed E-state index contributed by atoms with van der Waals surface area (Å²) in [6.45, 7) is -1.18. The Morgan fingerprint density at radius 3 is 2.05 bits per heavy atom. The number of rotatable bonds is 4. The molecule has 0 spiro atoms. The molecule has 0 amide bonds. The number of carboxylic acids is 1. The van der Waals surface area contributed by atoms with Crippen LogP contribution in [0, 0.1) is 5.82 Å². The third kappa shape index (κ3) is 4.59. The summed E-state index contributed by atoms with van der Waals surface area (Å²) in [5.74, 6) is -2.91. The van der Waals surface area contributed by atoms with E-state index < -0.39 is 42.4 Å². The van der Waals surface area contributed by atoms with Crippen LogP contribution in [-0.4, -0.2) is 29.5 Å². The first-order valence-corrected chi connectivity index (χ1v) is 5.19. The second-order valence-electron chi connectivity index (χ2n) is 3.89. The molecule has 1 aromatic rings. The Balaban J connectivity index is 2.87. The van der Waals surface area contributed by atoms with Gasteiger partial charge >= 0.3 is 18.3 Å². The van der Waals surface area contributed by atoms with E-state index in [1.807, 2.05) is 0 Å². The standard InChI is InChI=1S/C11H7F7O3/c12-7-3-5(1-2-6(7)8(19)20)4-21-9(10(13,14)15)11(16,17)18/h1-3,9H,4H2,(H,19,20). The molecule has 0 atom stereocenters. The summed E-state index contributed by atoms with van der Waals surface area (Å²) in [5, 5.41) is 8.52. The topological polar surface area (TPSA) is 46.5 Å². The van der Waals surface area contributed by atoms with E-state index in [2.05, 4.69) is 4.74 Å². The van der Waals surface area contributed by atoms with Gasteiger partial charge in [0.05, 0.1) is 12.2 Å². The number of aromatic carboxylic acids is 1. The molecule has 0 radical (unpaired) electrons. The molecule has 0 unspecified atom stereocenters. The van der Waals surface area contributed by atoms with Gasteiger partial charge in [0, 0.05) is 0 Å². The number of hydrogen-bond acceptors (Lipinski definition) is 2. The van der Waals surface area contributed by atoms with E-state index in [0.29, 0.717) is 12.1 Å². The normalized spacial score (nSPS) is 12.8. The van der Waals surface area contributed by atoms with Crippen LogP contribution in [0.2, 0.25) is 0 Å². The summed E-state index contributed by atoms with van der Waals surface area (Å²) in [5.41, 5.74) is -1.13. The largest absolute Gasteiger partial charge is 0.478 e. The van der Waals surface area contributed by atoms with Crippen LogP contribution in [0.3, 0.4) is 0 Å². The molecule has 10 heteroatoms. The quantitative estimate of drug-likeness (QED) is 0.863. The van der Waals surface area contributed by atoms with E-state index in [1.165, 1.54) is 0 Å². The van der Waals surface area contributed by atoms with Gasteiger partial charge < -0.3 is 9.84 Å². The first kappa shape index (κ1) is 17.2. The molecule has 0 aliphatic heterocycles. The van der Waals surface area contributed by atoms with Crippen molar-refractivity contribution in [1.82, 2.24) is 0 Å². The zero-order valence-corrected chi connectivity index (χ0v) is 9.93. The lowest BCUT2D eigenvalue weighted by molar-refractivity contribution is -0.324. The average Bonchev–Trinajstić information content (AvgIpc) is 2.24. The molecule has 0 aromatic heterocycles. The van der Waals surface area contributed by atoms with Gasteiger partial charge in [0.2, 0.25) is 6.10 Å².